The van der Waals surface area contributed by atoms with Crippen LogP contribution in [0.2, 0.25) is 5.02 Å². The van der Waals surface area contributed by atoms with Gasteiger partial charge in [-0.1, -0.05) is 39.7 Å². The van der Waals surface area contributed by atoms with E-state index in [1.165, 1.54) is 12.3 Å². The predicted octanol–water partition coefficient (Wildman–Crippen LogP) is 3.57. The zero-order valence-corrected chi connectivity index (χ0v) is 12.5. The Bertz CT molecular complexity index is 674. The molecule has 2 N–H and O–H groups in total. The van der Waals surface area contributed by atoms with Gasteiger partial charge in [-0.3, -0.25) is 4.79 Å². The van der Waals surface area contributed by atoms with Crippen LogP contribution in [0, 0.1) is 0 Å². The Morgan fingerprint density at radius 3 is 2.85 bits per heavy atom. The SMILES string of the molecule is O=C(NN=Cc1cccc(O)c1)c1cc(Br)ccc1Cl. The fourth-order valence-electron chi connectivity index (χ4n) is 1.50. The van der Waals surface area contributed by atoms with E-state index in [0.717, 1.165) is 4.47 Å². The summed E-state index contributed by atoms with van der Waals surface area (Å²) in [5, 5.41) is 13.5. The number of hydrogen-bond acceptors (Lipinski definition) is 3. The summed E-state index contributed by atoms with van der Waals surface area (Å²) in [5.41, 5.74) is 3.38. The summed E-state index contributed by atoms with van der Waals surface area (Å²) in [6, 6.07) is 11.5. The van der Waals surface area contributed by atoms with Gasteiger partial charge in [-0.05, 0) is 35.9 Å². The molecule has 0 aliphatic heterocycles. The standard InChI is InChI=1S/C14H10BrClN2O2/c15-10-4-5-13(16)12(7-10)14(20)18-17-8-9-2-1-3-11(19)6-9/h1-8,19H,(H,18,20). The Balaban J connectivity index is 2.07. The zero-order chi connectivity index (χ0) is 14.5. The van der Waals surface area contributed by atoms with Gasteiger partial charge >= 0.3 is 0 Å². The Hall–Kier alpha value is -1.85. The quantitative estimate of drug-likeness (QED) is 0.654. The molecule has 2 rings (SSSR count). The van der Waals surface area contributed by atoms with Crippen LogP contribution in [0.3, 0.4) is 0 Å². The Labute approximate surface area is 129 Å². The lowest BCUT2D eigenvalue weighted by Crippen LogP contribution is -2.18. The number of phenols is 1. The third-order valence-electron chi connectivity index (χ3n) is 2.42. The largest absolute Gasteiger partial charge is 0.508 e. The number of carbonyl (C=O) groups is 1. The number of halogens is 2. The lowest BCUT2D eigenvalue weighted by molar-refractivity contribution is 0.0955. The lowest BCUT2D eigenvalue weighted by Gasteiger charge is -2.03. The number of phenolic OH excluding ortho intramolecular Hbond substituents is 1. The normalized spacial score (nSPS) is 10.7. The minimum Gasteiger partial charge on any atom is -0.508 e. The second-order valence-corrected chi connectivity index (χ2v) is 5.24. The smallest absolute Gasteiger partial charge is 0.272 e. The van der Waals surface area contributed by atoms with Crippen molar-refractivity contribution >= 4 is 39.7 Å². The molecular weight excluding hydrogens is 344 g/mol. The molecule has 2 aromatic carbocycles. The van der Waals surface area contributed by atoms with Crippen molar-refractivity contribution in [3.63, 3.8) is 0 Å². The van der Waals surface area contributed by atoms with E-state index in [9.17, 15) is 9.90 Å². The van der Waals surface area contributed by atoms with E-state index in [1.54, 1.807) is 36.4 Å². The van der Waals surface area contributed by atoms with Crippen LogP contribution < -0.4 is 5.43 Å². The summed E-state index contributed by atoms with van der Waals surface area (Å²) < 4.78 is 0.754. The van der Waals surface area contributed by atoms with Crippen LogP contribution in [0.1, 0.15) is 15.9 Å². The zero-order valence-electron chi connectivity index (χ0n) is 10.2. The van der Waals surface area contributed by atoms with Gasteiger partial charge in [0.2, 0.25) is 0 Å². The van der Waals surface area contributed by atoms with Crippen LogP contribution in [-0.2, 0) is 0 Å². The third kappa shape index (κ3) is 3.82. The number of benzene rings is 2. The molecule has 0 aliphatic carbocycles. The summed E-state index contributed by atoms with van der Waals surface area (Å²) in [4.78, 5) is 11.9. The van der Waals surface area contributed by atoms with Crippen molar-refractivity contribution in [3.05, 3.63) is 63.1 Å². The minimum absolute atomic E-state index is 0.135. The van der Waals surface area contributed by atoms with E-state index in [4.69, 9.17) is 11.6 Å². The fourth-order valence-corrected chi connectivity index (χ4v) is 2.07. The van der Waals surface area contributed by atoms with E-state index in [1.807, 2.05) is 0 Å². The fraction of sp³-hybridized carbons (Fsp3) is 0. The number of carbonyl (C=O) groups excluding carboxylic acids is 1. The molecule has 0 bridgehead atoms. The third-order valence-corrected chi connectivity index (χ3v) is 3.25. The van der Waals surface area contributed by atoms with Crippen LogP contribution >= 0.6 is 27.5 Å². The molecule has 20 heavy (non-hydrogen) atoms. The van der Waals surface area contributed by atoms with Gasteiger partial charge in [0.15, 0.2) is 0 Å². The second-order valence-electron chi connectivity index (χ2n) is 3.92. The van der Waals surface area contributed by atoms with Crippen molar-refractivity contribution in [1.82, 2.24) is 5.43 Å². The molecule has 0 aromatic heterocycles. The molecule has 1 amide bonds. The minimum atomic E-state index is -0.410. The molecule has 2 aromatic rings. The first-order chi connectivity index (χ1) is 9.56. The van der Waals surface area contributed by atoms with Crippen molar-refractivity contribution in [2.75, 3.05) is 0 Å². The van der Waals surface area contributed by atoms with Crippen molar-refractivity contribution in [2.45, 2.75) is 0 Å². The number of nitrogens with one attached hydrogen (secondary N) is 1. The highest BCUT2D eigenvalue weighted by Crippen LogP contribution is 2.20. The molecule has 0 radical (unpaired) electrons. The van der Waals surface area contributed by atoms with Gasteiger partial charge in [-0.15, -0.1) is 0 Å². The van der Waals surface area contributed by atoms with Crippen molar-refractivity contribution in [3.8, 4) is 5.75 Å². The maximum atomic E-state index is 11.9. The van der Waals surface area contributed by atoms with Crippen LogP contribution in [0.5, 0.6) is 5.75 Å². The molecule has 0 aliphatic rings. The lowest BCUT2D eigenvalue weighted by atomic mass is 10.2. The molecule has 0 heterocycles. The number of hydrogen-bond donors (Lipinski definition) is 2. The van der Waals surface area contributed by atoms with E-state index in [2.05, 4.69) is 26.5 Å². The van der Waals surface area contributed by atoms with Crippen molar-refractivity contribution < 1.29 is 9.90 Å². The van der Waals surface area contributed by atoms with Crippen molar-refractivity contribution in [2.24, 2.45) is 5.10 Å². The Morgan fingerprint density at radius 1 is 1.30 bits per heavy atom. The molecule has 0 saturated heterocycles. The molecule has 102 valence electrons. The van der Waals surface area contributed by atoms with Gasteiger partial charge in [0.05, 0.1) is 16.8 Å². The number of rotatable bonds is 3. The molecular formula is C14H10BrClN2O2. The van der Waals surface area contributed by atoms with Crippen LogP contribution in [0.15, 0.2) is 52.0 Å². The van der Waals surface area contributed by atoms with Gasteiger partial charge in [0.25, 0.3) is 5.91 Å². The molecule has 0 unspecified atom stereocenters. The summed E-state index contributed by atoms with van der Waals surface area (Å²) >= 11 is 9.21. The molecule has 0 spiro atoms. The Kier molecular flexibility index (Phi) is 4.76. The highest BCUT2D eigenvalue weighted by Gasteiger charge is 2.09. The molecule has 0 fully saturated rings. The highest BCUT2D eigenvalue weighted by atomic mass is 79.9. The van der Waals surface area contributed by atoms with Crippen LogP contribution in [-0.4, -0.2) is 17.2 Å². The first-order valence-electron chi connectivity index (χ1n) is 5.64. The van der Waals surface area contributed by atoms with Gasteiger partial charge in [0, 0.05) is 4.47 Å². The van der Waals surface area contributed by atoms with Crippen molar-refractivity contribution in [1.29, 1.82) is 0 Å². The topological polar surface area (TPSA) is 61.7 Å². The maximum Gasteiger partial charge on any atom is 0.272 e. The van der Waals surface area contributed by atoms with Gasteiger partial charge in [0.1, 0.15) is 5.75 Å². The van der Waals surface area contributed by atoms with E-state index in [-0.39, 0.29) is 5.75 Å². The molecule has 6 heteroatoms. The average Bonchev–Trinajstić information content (AvgIpc) is 2.41. The van der Waals surface area contributed by atoms with Gasteiger partial charge < -0.3 is 5.11 Å². The number of nitrogens with zero attached hydrogens (tertiary/aromatic N) is 1. The first-order valence-corrected chi connectivity index (χ1v) is 6.81. The highest BCUT2D eigenvalue weighted by molar-refractivity contribution is 9.10. The summed E-state index contributed by atoms with van der Waals surface area (Å²) in [5.74, 6) is -0.275. The van der Waals surface area contributed by atoms with Crippen LogP contribution in [0.4, 0.5) is 0 Å². The van der Waals surface area contributed by atoms with Gasteiger partial charge in [-0.2, -0.15) is 5.10 Å². The molecule has 0 atom stereocenters. The molecule has 4 nitrogen and oxygen atoms in total. The van der Waals surface area contributed by atoms with Crippen LogP contribution in [0.25, 0.3) is 0 Å². The summed E-state index contributed by atoms with van der Waals surface area (Å²) in [6.07, 6.45) is 1.43. The molecule has 0 saturated carbocycles. The number of hydrazone groups is 1. The second kappa shape index (κ2) is 6.54. The number of amides is 1. The van der Waals surface area contributed by atoms with Gasteiger partial charge in [-0.25, -0.2) is 5.43 Å². The maximum absolute atomic E-state index is 11.9. The summed E-state index contributed by atoms with van der Waals surface area (Å²) in [6.45, 7) is 0. The average molecular weight is 354 g/mol. The monoisotopic (exact) mass is 352 g/mol. The van der Waals surface area contributed by atoms with E-state index >= 15 is 0 Å². The Morgan fingerprint density at radius 2 is 2.10 bits per heavy atom. The van der Waals surface area contributed by atoms with E-state index < -0.39 is 5.91 Å². The predicted molar refractivity (Wildman–Crippen MR) is 82.3 cm³/mol. The van der Waals surface area contributed by atoms with E-state index in [0.29, 0.717) is 16.1 Å². The summed E-state index contributed by atoms with van der Waals surface area (Å²) in [7, 11) is 0. The first kappa shape index (κ1) is 14.6. The number of aromatic hydroxyl groups is 1.